The van der Waals surface area contributed by atoms with E-state index >= 15 is 0 Å². The van der Waals surface area contributed by atoms with Crippen LogP contribution >= 0.6 is 0 Å². The van der Waals surface area contributed by atoms with E-state index in [-0.39, 0.29) is 32.7 Å². The zero-order valence-electron chi connectivity index (χ0n) is 6.51. The van der Waals surface area contributed by atoms with Gasteiger partial charge in [-0.15, -0.1) is 0 Å². The molecule has 0 atom stereocenters. The molecular weight excluding hydrogens is 211 g/mol. The number of allylic oxidation sites excluding steroid dienone is 3. The van der Waals surface area contributed by atoms with Gasteiger partial charge in [0.2, 0.25) is 0 Å². The van der Waals surface area contributed by atoms with E-state index in [2.05, 4.69) is 17.5 Å². The molecule has 0 fully saturated rings. The molecule has 0 spiro atoms. The standard InChI is InChI=1S/C9H11N.Y/c1-2-3-4-9-5-7-10-8-6-9;/h1-3,5,10H,6-8H2;/q-2;. The molecule has 2 heteroatoms. The Labute approximate surface area is 93.5 Å². The molecule has 1 aliphatic rings. The largest absolute Gasteiger partial charge is 0.361 e. The summed E-state index contributed by atoms with van der Waals surface area (Å²) in [6, 6.07) is 0. The molecule has 0 saturated carbocycles. The molecule has 0 aromatic heterocycles. The van der Waals surface area contributed by atoms with Crippen LogP contribution in [-0.2, 0) is 32.7 Å². The van der Waals surface area contributed by atoms with Gasteiger partial charge in [0.1, 0.15) is 0 Å². The first-order valence-electron chi connectivity index (χ1n) is 3.46. The molecule has 0 aromatic rings. The van der Waals surface area contributed by atoms with Crippen molar-refractivity contribution in [2.45, 2.75) is 6.42 Å². The first-order chi connectivity index (χ1) is 4.93. The molecule has 1 N–H and O–H groups in total. The second-order valence-electron chi connectivity index (χ2n) is 2.19. The van der Waals surface area contributed by atoms with E-state index in [1.165, 1.54) is 11.6 Å². The Balaban J connectivity index is 0.000001000. The first-order valence-corrected chi connectivity index (χ1v) is 3.46. The van der Waals surface area contributed by atoms with Crippen LogP contribution in [0.1, 0.15) is 6.42 Å². The van der Waals surface area contributed by atoms with Gasteiger partial charge in [-0.05, 0) is 19.5 Å². The van der Waals surface area contributed by atoms with Crippen molar-refractivity contribution >= 4 is 0 Å². The molecule has 1 heterocycles. The topological polar surface area (TPSA) is 12.0 Å². The number of hydrogen-bond donors (Lipinski definition) is 1. The molecule has 1 radical (unpaired) electrons. The molecule has 0 amide bonds. The van der Waals surface area contributed by atoms with Crippen LogP contribution in [0.25, 0.3) is 0 Å². The summed E-state index contributed by atoms with van der Waals surface area (Å²) in [6.07, 6.45) is 9.53. The van der Waals surface area contributed by atoms with E-state index in [1.807, 2.05) is 0 Å². The predicted octanol–water partition coefficient (Wildman–Crippen LogP) is 1.25. The van der Waals surface area contributed by atoms with Gasteiger partial charge in [-0.25, -0.2) is 0 Å². The summed E-state index contributed by atoms with van der Waals surface area (Å²) < 4.78 is 0. The molecular formula is C9H11NY-2. The van der Waals surface area contributed by atoms with Gasteiger partial charge in [0, 0.05) is 32.7 Å². The first kappa shape index (κ1) is 11.3. The number of nitrogens with one attached hydrogen (secondary N) is 1. The van der Waals surface area contributed by atoms with E-state index in [0.29, 0.717) is 0 Å². The Morgan fingerprint density at radius 1 is 1.64 bits per heavy atom. The third-order valence-corrected chi connectivity index (χ3v) is 1.43. The maximum absolute atomic E-state index is 5.16. The minimum Gasteiger partial charge on any atom is -0.361 e. The second kappa shape index (κ2) is 6.96. The van der Waals surface area contributed by atoms with Crippen LogP contribution in [0, 0.1) is 12.7 Å². The third kappa shape index (κ3) is 4.68. The van der Waals surface area contributed by atoms with Gasteiger partial charge >= 0.3 is 0 Å². The molecule has 0 aromatic carbocycles. The van der Waals surface area contributed by atoms with Gasteiger partial charge in [-0.2, -0.15) is 11.6 Å². The van der Waals surface area contributed by atoms with Gasteiger partial charge in [0.15, 0.2) is 0 Å². The van der Waals surface area contributed by atoms with Crippen molar-refractivity contribution in [3.8, 4) is 0 Å². The predicted molar refractivity (Wildman–Crippen MR) is 42.3 cm³/mol. The SMILES string of the molecule is [CH-]=CC=[C-]C1=CCNCC1.[Y]. The summed E-state index contributed by atoms with van der Waals surface area (Å²) in [4.78, 5) is 0. The quantitative estimate of drug-likeness (QED) is 0.547. The summed E-state index contributed by atoms with van der Waals surface area (Å²) in [5, 5.41) is 3.22. The Kier molecular flexibility index (Phi) is 7.14. The molecule has 0 saturated heterocycles. The molecule has 0 aliphatic carbocycles. The Morgan fingerprint density at radius 2 is 2.45 bits per heavy atom. The fourth-order valence-corrected chi connectivity index (χ4v) is 0.909. The average molecular weight is 222 g/mol. The molecule has 1 rings (SSSR count). The minimum atomic E-state index is 0. The van der Waals surface area contributed by atoms with E-state index in [4.69, 9.17) is 6.58 Å². The second-order valence-corrected chi connectivity index (χ2v) is 2.19. The van der Waals surface area contributed by atoms with Crippen LogP contribution < -0.4 is 5.32 Å². The zero-order valence-corrected chi connectivity index (χ0v) is 9.35. The van der Waals surface area contributed by atoms with Crippen LogP contribution in [0.15, 0.2) is 23.8 Å². The Bertz CT molecular complexity index is 168. The fourth-order valence-electron chi connectivity index (χ4n) is 0.909. The third-order valence-electron chi connectivity index (χ3n) is 1.43. The zero-order chi connectivity index (χ0) is 7.23. The molecule has 11 heavy (non-hydrogen) atoms. The molecule has 0 unspecified atom stereocenters. The molecule has 1 aliphatic heterocycles. The smallest absolute Gasteiger partial charge is 0 e. The van der Waals surface area contributed by atoms with Gasteiger partial charge in [0.25, 0.3) is 0 Å². The van der Waals surface area contributed by atoms with Gasteiger partial charge in [-0.1, -0.05) is 0 Å². The monoisotopic (exact) mass is 222 g/mol. The fraction of sp³-hybridized carbons (Fsp3) is 0.333. The van der Waals surface area contributed by atoms with Crippen molar-refractivity contribution in [1.82, 2.24) is 5.32 Å². The summed E-state index contributed by atoms with van der Waals surface area (Å²) in [5.41, 5.74) is 1.25. The van der Waals surface area contributed by atoms with Gasteiger partial charge in [-0.3, -0.25) is 6.08 Å². The van der Waals surface area contributed by atoms with Crippen molar-refractivity contribution in [3.05, 3.63) is 36.5 Å². The number of hydrogen-bond acceptors (Lipinski definition) is 1. The van der Waals surface area contributed by atoms with Gasteiger partial charge in [0.05, 0.1) is 0 Å². The van der Waals surface area contributed by atoms with Crippen LogP contribution in [0.4, 0.5) is 0 Å². The van der Waals surface area contributed by atoms with E-state index < -0.39 is 0 Å². The van der Waals surface area contributed by atoms with Gasteiger partial charge < -0.3 is 24.0 Å². The summed E-state index contributed by atoms with van der Waals surface area (Å²) in [6.45, 7) is 7.17. The maximum atomic E-state index is 5.16. The summed E-state index contributed by atoms with van der Waals surface area (Å²) in [7, 11) is 0. The normalized spacial score (nSPS) is 17.3. The summed E-state index contributed by atoms with van der Waals surface area (Å²) in [5.74, 6) is 0. The van der Waals surface area contributed by atoms with Crippen molar-refractivity contribution in [2.24, 2.45) is 0 Å². The van der Waals surface area contributed by atoms with Crippen molar-refractivity contribution in [3.63, 3.8) is 0 Å². The average Bonchev–Trinajstić information content (AvgIpc) is 2.03. The van der Waals surface area contributed by atoms with Crippen molar-refractivity contribution < 1.29 is 32.7 Å². The van der Waals surface area contributed by atoms with E-state index in [0.717, 1.165) is 19.5 Å². The molecule has 57 valence electrons. The maximum Gasteiger partial charge on any atom is 0 e. The van der Waals surface area contributed by atoms with Crippen LogP contribution in [-0.4, -0.2) is 13.1 Å². The molecule has 0 bridgehead atoms. The molecule has 1 nitrogen and oxygen atoms in total. The number of rotatable bonds is 2. The van der Waals surface area contributed by atoms with Crippen LogP contribution in [0.2, 0.25) is 0 Å². The minimum absolute atomic E-state index is 0. The van der Waals surface area contributed by atoms with Crippen LogP contribution in [0.5, 0.6) is 0 Å². The summed E-state index contributed by atoms with van der Waals surface area (Å²) >= 11 is 0. The van der Waals surface area contributed by atoms with E-state index in [1.54, 1.807) is 6.08 Å². The Morgan fingerprint density at radius 3 is 3.00 bits per heavy atom. The van der Waals surface area contributed by atoms with Crippen molar-refractivity contribution in [2.75, 3.05) is 13.1 Å². The van der Waals surface area contributed by atoms with Crippen molar-refractivity contribution in [1.29, 1.82) is 0 Å². The Hall–Kier alpha value is 0.284. The van der Waals surface area contributed by atoms with E-state index in [9.17, 15) is 0 Å². The van der Waals surface area contributed by atoms with Crippen LogP contribution in [0.3, 0.4) is 0 Å².